The van der Waals surface area contributed by atoms with E-state index in [1.807, 2.05) is 65.2 Å². The predicted octanol–water partition coefficient (Wildman–Crippen LogP) is 4.78. The van der Waals surface area contributed by atoms with Gasteiger partial charge in [0.05, 0.1) is 15.9 Å². The molecule has 0 fully saturated rings. The van der Waals surface area contributed by atoms with E-state index < -0.39 is 0 Å². The monoisotopic (exact) mass is 347 g/mol. The van der Waals surface area contributed by atoms with Gasteiger partial charge in [0.1, 0.15) is 5.82 Å². The van der Waals surface area contributed by atoms with Crippen molar-refractivity contribution in [2.45, 2.75) is 0 Å². The van der Waals surface area contributed by atoms with Gasteiger partial charge in [0.15, 0.2) is 5.43 Å². The van der Waals surface area contributed by atoms with Crippen molar-refractivity contribution in [3.8, 4) is 5.69 Å². The van der Waals surface area contributed by atoms with E-state index >= 15 is 0 Å². The van der Waals surface area contributed by atoms with Crippen molar-refractivity contribution in [3.05, 3.63) is 94.4 Å². The number of hydrogen-bond donors (Lipinski definition) is 1. The highest BCUT2D eigenvalue weighted by Gasteiger charge is 2.14. The van der Waals surface area contributed by atoms with Crippen LogP contribution in [-0.2, 0) is 0 Å². The summed E-state index contributed by atoms with van der Waals surface area (Å²) in [4.78, 5) is 16.6. The largest absolute Gasteiger partial charge is 0.341 e. The second-order valence-corrected chi connectivity index (χ2v) is 5.98. The van der Waals surface area contributed by atoms with Crippen molar-refractivity contribution >= 4 is 34.0 Å². The van der Waals surface area contributed by atoms with Crippen molar-refractivity contribution in [1.82, 2.24) is 9.55 Å². The SMILES string of the molecule is O=c1cc(Nc2ccccc2)n(-c2ccccc2)c2c(Cl)cncc12. The molecule has 0 aliphatic heterocycles. The number of halogens is 1. The molecule has 4 rings (SSSR count). The van der Waals surface area contributed by atoms with Crippen LogP contribution in [0.1, 0.15) is 0 Å². The smallest absolute Gasteiger partial charge is 0.193 e. The molecule has 5 heteroatoms. The number of fused-ring (bicyclic) bond motifs is 1. The van der Waals surface area contributed by atoms with E-state index in [-0.39, 0.29) is 5.43 Å². The maximum atomic E-state index is 12.6. The zero-order valence-electron chi connectivity index (χ0n) is 13.2. The van der Waals surface area contributed by atoms with Gasteiger partial charge in [-0.2, -0.15) is 0 Å². The molecule has 0 atom stereocenters. The number of aromatic nitrogens is 2. The van der Waals surface area contributed by atoms with Gasteiger partial charge in [0.25, 0.3) is 0 Å². The molecule has 2 aromatic carbocycles. The van der Waals surface area contributed by atoms with Crippen molar-refractivity contribution in [2.75, 3.05) is 5.32 Å². The summed E-state index contributed by atoms with van der Waals surface area (Å²) in [5.74, 6) is 0.642. The van der Waals surface area contributed by atoms with Gasteiger partial charge in [-0.3, -0.25) is 14.3 Å². The van der Waals surface area contributed by atoms with Gasteiger partial charge in [-0.25, -0.2) is 0 Å². The zero-order valence-corrected chi connectivity index (χ0v) is 13.9. The van der Waals surface area contributed by atoms with E-state index in [4.69, 9.17) is 11.6 Å². The van der Waals surface area contributed by atoms with E-state index in [1.165, 1.54) is 0 Å². The minimum absolute atomic E-state index is 0.129. The molecule has 0 bridgehead atoms. The second kappa shape index (κ2) is 6.42. The molecule has 0 aliphatic rings. The van der Waals surface area contributed by atoms with Gasteiger partial charge in [-0.15, -0.1) is 0 Å². The molecule has 0 saturated carbocycles. The Labute approximate surface area is 149 Å². The highest BCUT2D eigenvalue weighted by Crippen LogP contribution is 2.28. The number of para-hydroxylation sites is 2. The van der Waals surface area contributed by atoms with Crippen LogP contribution in [0.2, 0.25) is 5.02 Å². The van der Waals surface area contributed by atoms with E-state index in [2.05, 4.69) is 10.3 Å². The summed E-state index contributed by atoms with van der Waals surface area (Å²) >= 11 is 6.41. The van der Waals surface area contributed by atoms with Gasteiger partial charge in [-0.1, -0.05) is 48.0 Å². The molecule has 4 nitrogen and oxygen atoms in total. The van der Waals surface area contributed by atoms with Crippen LogP contribution in [0.3, 0.4) is 0 Å². The second-order valence-electron chi connectivity index (χ2n) is 5.57. The number of benzene rings is 2. The minimum atomic E-state index is -0.129. The van der Waals surface area contributed by atoms with E-state index in [9.17, 15) is 4.79 Å². The lowest BCUT2D eigenvalue weighted by Gasteiger charge is -2.18. The Bertz CT molecular complexity index is 1090. The molecule has 122 valence electrons. The quantitative estimate of drug-likeness (QED) is 0.580. The fourth-order valence-corrected chi connectivity index (χ4v) is 3.07. The first kappa shape index (κ1) is 15.4. The highest BCUT2D eigenvalue weighted by molar-refractivity contribution is 6.35. The Hall–Kier alpha value is -3.11. The first-order valence-electron chi connectivity index (χ1n) is 7.81. The molecule has 4 aromatic rings. The summed E-state index contributed by atoms with van der Waals surface area (Å²) in [6.07, 6.45) is 3.10. The van der Waals surface area contributed by atoms with Gasteiger partial charge in [0.2, 0.25) is 0 Å². The third-order valence-electron chi connectivity index (χ3n) is 3.93. The lowest BCUT2D eigenvalue weighted by Crippen LogP contribution is -2.13. The maximum Gasteiger partial charge on any atom is 0.193 e. The predicted molar refractivity (Wildman–Crippen MR) is 102 cm³/mol. The van der Waals surface area contributed by atoms with Gasteiger partial charge in [0, 0.05) is 29.8 Å². The Morgan fingerprint density at radius 2 is 1.60 bits per heavy atom. The lowest BCUT2D eigenvalue weighted by atomic mass is 10.2. The van der Waals surface area contributed by atoms with Crippen LogP contribution in [0.25, 0.3) is 16.6 Å². The van der Waals surface area contributed by atoms with Crippen LogP contribution >= 0.6 is 11.6 Å². The van der Waals surface area contributed by atoms with Gasteiger partial charge >= 0.3 is 0 Å². The van der Waals surface area contributed by atoms with Crippen molar-refractivity contribution in [1.29, 1.82) is 0 Å². The maximum absolute atomic E-state index is 12.6. The summed E-state index contributed by atoms with van der Waals surface area (Å²) in [5.41, 5.74) is 2.29. The minimum Gasteiger partial charge on any atom is -0.341 e. The molecule has 2 aromatic heterocycles. The topological polar surface area (TPSA) is 46.9 Å². The third kappa shape index (κ3) is 2.88. The number of nitrogens with one attached hydrogen (secondary N) is 1. The fourth-order valence-electron chi connectivity index (χ4n) is 2.83. The van der Waals surface area contributed by atoms with Crippen LogP contribution < -0.4 is 10.7 Å². The fraction of sp³-hybridized carbons (Fsp3) is 0. The molecule has 2 heterocycles. The van der Waals surface area contributed by atoms with E-state index in [0.29, 0.717) is 21.7 Å². The average molecular weight is 348 g/mol. The third-order valence-corrected chi connectivity index (χ3v) is 4.21. The first-order valence-corrected chi connectivity index (χ1v) is 8.18. The Morgan fingerprint density at radius 1 is 0.920 bits per heavy atom. The molecule has 0 aliphatic carbocycles. The average Bonchev–Trinajstić information content (AvgIpc) is 2.64. The Kier molecular flexibility index (Phi) is 3.96. The molecule has 1 N–H and O–H groups in total. The van der Waals surface area contributed by atoms with E-state index in [0.717, 1.165) is 11.4 Å². The van der Waals surface area contributed by atoms with Crippen LogP contribution in [0.4, 0.5) is 11.5 Å². The standard InChI is InChI=1S/C20H14ClN3O/c21-17-13-22-12-16-18(25)11-19(23-14-7-3-1-4-8-14)24(20(16)17)15-9-5-2-6-10-15/h1-13,23H. The number of nitrogens with zero attached hydrogens (tertiary/aromatic N) is 2. The van der Waals surface area contributed by atoms with Crippen LogP contribution in [0.5, 0.6) is 0 Å². The molecule has 0 radical (unpaired) electrons. The van der Waals surface area contributed by atoms with Crippen molar-refractivity contribution < 1.29 is 0 Å². The van der Waals surface area contributed by atoms with Gasteiger partial charge < -0.3 is 5.32 Å². The molecule has 0 unspecified atom stereocenters. The summed E-state index contributed by atoms with van der Waals surface area (Å²) in [6, 6.07) is 21.0. The normalized spacial score (nSPS) is 10.8. The summed E-state index contributed by atoms with van der Waals surface area (Å²) in [7, 11) is 0. The Morgan fingerprint density at radius 3 is 2.32 bits per heavy atom. The Balaban J connectivity index is 2.05. The number of pyridine rings is 2. The van der Waals surface area contributed by atoms with Crippen LogP contribution in [0, 0.1) is 0 Å². The highest BCUT2D eigenvalue weighted by atomic mass is 35.5. The molecule has 0 spiro atoms. The van der Waals surface area contributed by atoms with Crippen LogP contribution in [0.15, 0.2) is 83.9 Å². The molecule has 0 saturated heterocycles. The summed E-state index contributed by atoms with van der Waals surface area (Å²) in [6.45, 7) is 0. The van der Waals surface area contributed by atoms with E-state index in [1.54, 1.807) is 18.5 Å². The lowest BCUT2D eigenvalue weighted by molar-refractivity contribution is 1.10. The molecule has 25 heavy (non-hydrogen) atoms. The number of rotatable bonds is 3. The van der Waals surface area contributed by atoms with Crippen molar-refractivity contribution in [2.24, 2.45) is 0 Å². The van der Waals surface area contributed by atoms with Crippen molar-refractivity contribution in [3.63, 3.8) is 0 Å². The molecular formula is C20H14ClN3O. The number of hydrogen-bond acceptors (Lipinski definition) is 3. The summed E-state index contributed by atoms with van der Waals surface area (Å²) < 4.78 is 1.94. The summed E-state index contributed by atoms with van der Waals surface area (Å²) in [5, 5.41) is 4.22. The number of anilines is 2. The van der Waals surface area contributed by atoms with Crippen LogP contribution in [-0.4, -0.2) is 9.55 Å². The van der Waals surface area contributed by atoms with Gasteiger partial charge in [-0.05, 0) is 24.3 Å². The first-order chi connectivity index (χ1) is 12.2. The molecular weight excluding hydrogens is 334 g/mol. The zero-order chi connectivity index (χ0) is 17.2. The molecule has 0 amide bonds.